The molecule has 0 aromatic heterocycles. The summed E-state index contributed by atoms with van der Waals surface area (Å²) in [7, 11) is 0. The summed E-state index contributed by atoms with van der Waals surface area (Å²) < 4.78 is 13.2. The Bertz CT molecular complexity index is 508. The van der Waals surface area contributed by atoms with Gasteiger partial charge in [-0.25, -0.2) is 0 Å². The fourth-order valence-electron chi connectivity index (χ4n) is 1.69. The van der Waals surface area contributed by atoms with E-state index in [1.165, 1.54) is 12.1 Å². The summed E-state index contributed by atoms with van der Waals surface area (Å²) in [6.07, 6.45) is 1.20. The maximum absolute atomic E-state index is 13.2. The third kappa shape index (κ3) is 5.86. The maximum atomic E-state index is 13.2. The number of amides is 1. The number of hydrogen-bond donors (Lipinski definition) is 2. The zero-order valence-electron chi connectivity index (χ0n) is 12.2. The molecule has 0 aliphatic carbocycles. The molecule has 0 radical (unpaired) electrons. The minimum absolute atomic E-state index is 0.0399. The highest BCUT2D eigenvalue weighted by atomic mass is 19.1. The zero-order valence-corrected chi connectivity index (χ0v) is 12.2. The minimum Gasteiger partial charge on any atom is -0.354 e. The van der Waals surface area contributed by atoms with Gasteiger partial charge >= 0.3 is 5.69 Å². The predicted molar refractivity (Wildman–Crippen MR) is 77.3 cm³/mol. The maximum Gasteiger partial charge on any atom is 0.305 e. The summed E-state index contributed by atoms with van der Waals surface area (Å²) in [6, 6.07) is 3.90. The van der Waals surface area contributed by atoms with E-state index in [9.17, 15) is 19.3 Å². The Labute approximate surface area is 122 Å². The number of nitrogens with one attached hydrogen (secondary N) is 2. The van der Waals surface area contributed by atoms with E-state index >= 15 is 0 Å². The summed E-state index contributed by atoms with van der Waals surface area (Å²) in [6.45, 7) is 4.72. The lowest BCUT2D eigenvalue weighted by atomic mass is 10.2. The Morgan fingerprint density at radius 1 is 1.48 bits per heavy atom. The zero-order chi connectivity index (χ0) is 15.8. The van der Waals surface area contributed by atoms with E-state index in [1.807, 2.05) is 13.8 Å². The lowest BCUT2D eigenvalue weighted by Gasteiger charge is -2.11. The van der Waals surface area contributed by atoms with Crippen molar-refractivity contribution in [3.8, 4) is 0 Å². The molecule has 0 unspecified atom stereocenters. The molecule has 21 heavy (non-hydrogen) atoms. The van der Waals surface area contributed by atoms with Crippen LogP contribution in [-0.4, -0.2) is 23.4 Å². The van der Waals surface area contributed by atoms with Crippen LogP contribution < -0.4 is 10.6 Å². The summed E-state index contributed by atoms with van der Waals surface area (Å²) in [5, 5.41) is 16.5. The number of rotatable bonds is 8. The summed E-state index contributed by atoms with van der Waals surface area (Å²) in [4.78, 5) is 21.4. The molecule has 1 rings (SSSR count). The molecule has 2 N–H and O–H groups in total. The van der Waals surface area contributed by atoms with Crippen molar-refractivity contribution in [2.75, 3.05) is 6.54 Å². The quantitative estimate of drug-likeness (QED) is 0.437. The number of hydrogen-bond acceptors (Lipinski definition) is 4. The molecule has 0 aliphatic rings. The highest BCUT2D eigenvalue weighted by molar-refractivity contribution is 5.76. The summed E-state index contributed by atoms with van der Waals surface area (Å²) >= 11 is 0. The molecule has 7 heteroatoms. The van der Waals surface area contributed by atoms with Gasteiger partial charge in [0.2, 0.25) is 11.7 Å². The van der Waals surface area contributed by atoms with Crippen molar-refractivity contribution in [3.63, 3.8) is 0 Å². The number of nitro benzene ring substituents is 1. The van der Waals surface area contributed by atoms with Crippen molar-refractivity contribution in [2.24, 2.45) is 0 Å². The fraction of sp³-hybridized carbons (Fsp3) is 0.500. The number of carbonyl (C=O) groups excluding carboxylic acids is 1. The highest BCUT2D eigenvalue weighted by Gasteiger charge is 2.14. The van der Waals surface area contributed by atoms with E-state index in [0.717, 1.165) is 12.5 Å². The van der Waals surface area contributed by atoms with E-state index in [1.54, 1.807) is 0 Å². The van der Waals surface area contributed by atoms with Crippen LogP contribution in [0.1, 0.15) is 32.3 Å². The first-order valence-corrected chi connectivity index (χ1v) is 6.87. The number of nitro groups is 1. The van der Waals surface area contributed by atoms with Gasteiger partial charge in [0.05, 0.1) is 4.92 Å². The molecule has 0 bridgehead atoms. The van der Waals surface area contributed by atoms with Gasteiger partial charge in [-0.3, -0.25) is 14.9 Å². The van der Waals surface area contributed by atoms with Crippen molar-refractivity contribution in [1.29, 1.82) is 0 Å². The number of nitrogens with zero attached hydrogens (tertiary/aromatic N) is 1. The third-order valence-electron chi connectivity index (χ3n) is 3.08. The van der Waals surface area contributed by atoms with E-state index in [0.29, 0.717) is 25.1 Å². The van der Waals surface area contributed by atoms with Crippen LogP contribution in [0.4, 0.5) is 10.1 Å². The Morgan fingerprint density at radius 3 is 2.81 bits per heavy atom. The average Bonchev–Trinajstić information content (AvgIpc) is 2.44. The first-order chi connectivity index (χ1) is 9.93. The lowest BCUT2D eigenvalue weighted by molar-refractivity contribution is -0.387. The van der Waals surface area contributed by atoms with Crippen molar-refractivity contribution in [3.05, 3.63) is 39.7 Å². The largest absolute Gasteiger partial charge is 0.354 e. The molecule has 1 aromatic rings. The van der Waals surface area contributed by atoms with Gasteiger partial charge in [-0.15, -0.1) is 0 Å². The molecule has 0 aliphatic heterocycles. The van der Waals surface area contributed by atoms with Gasteiger partial charge in [-0.2, -0.15) is 4.39 Å². The second-order valence-electron chi connectivity index (χ2n) is 4.85. The summed E-state index contributed by atoms with van der Waals surface area (Å²) in [5.41, 5.74) is 0.0641. The lowest BCUT2D eigenvalue weighted by Crippen LogP contribution is -2.33. The third-order valence-corrected chi connectivity index (χ3v) is 3.08. The normalized spacial score (nSPS) is 12.0. The Balaban J connectivity index is 2.38. The average molecular weight is 297 g/mol. The molecule has 116 valence electrons. The molecule has 0 fully saturated rings. The molecule has 6 nitrogen and oxygen atoms in total. The SMILES string of the molecule is CC[C@@H](C)NC(=O)CCNCc1ccc(F)c([N+](=O)[O-])c1. The van der Waals surface area contributed by atoms with Crippen LogP contribution in [0.25, 0.3) is 0 Å². The molecule has 1 aromatic carbocycles. The molecule has 1 amide bonds. The second-order valence-corrected chi connectivity index (χ2v) is 4.85. The first-order valence-electron chi connectivity index (χ1n) is 6.87. The monoisotopic (exact) mass is 297 g/mol. The predicted octanol–water partition coefficient (Wildman–Crippen LogP) is 2.13. The highest BCUT2D eigenvalue weighted by Crippen LogP contribution is 2.18. The Kier molecular flexibility index (Phi) is 6.74. The molecule has 0 spiro atoms. The van der Waals surface area contributed by atoms with Crippen LogP contribution in [0.5, 0.6) is 0 Å². The van der Waals surface area contributed by atoms with Crippen LogP contribution in [0.15, 0.2) is 18.2 Å². The smallest absolute Gasteiger partial charge is 0.305 e. The molecule has 0 saturated heterocycles. The Morgan fingerprint density at radius 2 is 2.19 bits per heavy atom. The van der Waals surface area contributed by atoms with E-state index in [2.05, 4.69) is 10.6 Å². The number of benzene rings is 1. The van der Waals surface area contributed by atoms with E-state index in [-0.39, 0.29) is 11.9 Å². The minimum atomic E-state index is -0.850. The molecule has 1 atom stereocenters. The van der Waals surface area contributed by atoms with Gasteiger partial charge in [0.1, 0.15) is 0 Å². The fourth-order valence-corrected chi connectivity index (χ4v) is 1.69. The van der Waals surface area contributed by atoms with E-state index < -0.39 is 16.4 Å². The Hall–Kier alpha value is -2.02. The summed E-state index contributed by atoms with van der Waals surface area (Å²) in [5.74, 6) is -0.890. The first kappa shape index (κ1) is 17.0. The van der Waals surface area contributed by atoms with Crippen LogP contribution in [0, 0.1) is 15.9 Å². The van der Waals surface area contributed by atoms with Crippen LogP contribution >= 0.6 is 0 Å². The van der Waals surface area contributed by atoms with E-state index in [4.69, 9.17) is 0 Å². The second kappa shape index (κ2) is 8.31. The van der Waals surface area contributed by atoms with Crippen molar-refractivity contribution in [2.45, 2.75) is 39.3 Å². The van der Waals surface area contributed by atoms with Gasteiger partial charge in [0.25, 0.3) is 0 Å². The number of carbonyl (C=O) groups is 1. The van der Waals surface area contributed by atoms with Crippen molar-refractivity contribution >= 4 is 11.6 Å². The molecular weight excluding hydrogens is 277 g/mol. The topological polar surface area (TPSA) is 84.3 Å². The van der Waals surface area contributed by atoms with Gasteiger partial charge < -0.3 is 10.6 Å². The van der Waals surface area contributed by atoms with Gasteiger partial charge in [-0.05, 0) is 25.0 Å². The van der Waals surface area contributed by atoms with Crippen molar-refractivity contribution in [1.82, 2.24) is 10.6 Å². The van der Waals surface area contributed by atoms with Gasteiger partial charge in [0, 0.05) is 31.6 Å². The molecule has 0 heterocycles. The standard InChI is InChI=1S/C14H20FN3O3/c1-3-10(2)17-14(19)6-7-16-9-11-4-5-12(15)13(8-11)18(20)21/h4-5,8,10,16H,3,6-7,9H2,1-2H3,(H,17,19)/t10-/m1/s1. The van der Waals surface area contributed by atoms with Crippen LogP contribution in [0.3, 0.4) is 0 Å². The van der Waals surface area contributed by atoms with Crippen LogP contribution in [-0.2, 0) is 11.3 Å². The number of halogens is 1. The van der Waals surface area contributed by atoms with Gasteiger partial charge in [-0.1, -0.05) is 13.0 Å². The van der Waals surface area contributed by atoms with Gasteiger partial charge in [0.15, 0.2) is 0 Å². The molecular formula is C14H20FN3O3. The van der Waals surface area contributed by atoms with Crippen LogP contribution in [0.2, 0.25) is 0 Å². The molecule has 0 saturated carbocycles. The van der Waals surface area contributed by atoms with Crippen molar-refractivity contribution < 1.29 is 14.1 Å².